The predicted molar refractivity (Wildman–Crippen MR) is 98.7 cm³/mol. The van der Waals surface area contributed by atoms with Gasteiger partial charge in [-0.25, -0.2) is 13.6 Å². The van der Waals surface area contributed by atoms with Crippen LogP contribution in [-0.2, 0) is 11.3 Å². The molecule has 1 atom stereocenters. The lowest BCUT2D eigenvalue weighted by molar-refractivity contribution is -0.0156. The zero-order valence-electron chi connectivity index (χ0n) is 15.4. The highest BCUT2D eigenvalue weighted by atomic mass is 19.2. The summed E-state index contributed by atoms with van der Waals surface area (Å²) in [6.45, 7) is 1.18. The van der Waals surface area contributed by atoms with E-state index >= 15 is 0 Å². The SMILES string of the molecule is CNC(=O)c1cccc(CNC(=O)N2CCO[C@@H](c3ccc(F)c(F)c3)C2)c1. The maximum absolute atomic E-state index is 13.5. The summed E-state index contributed by atoms with van der Waals surface area (Å²) in [4.78, 5) is 25.8. The first-order valence-corrected chi connectivity index (χ1v) is 8.88. The standard InChI is InChI=1S/C20H21F2N3O3/c1-23-19(26)15-4-2-3-13(9-15)11-24-20(27)25-7-8-28-18(12-25)14-5-6-16(21)17(22)10-14/h2-6,9-10,18H,7-8,11-12H2,1H3,(H,23,26)(H,24,27)/t18-/m1/s1. The number of nitrogens with one attached hydrogen (secondary N) is 2. The summed E-state index contributed by atoms with van der Waals surface area (Å²) in [7, 11) is 1.55. The third-order valence-corrected chi connectivity index (χ3v) is 4.53. The lowest BCUT2D eigenvalue weighted by Crippen LogP contribution is -2.47. The fourth-order valence-electron chi connectivity index (χ4n) is 3.00. The Bertz CT molecular complexity index is 876. The fraction of sp³-hybridized carbons (Fsp3) is 0.300. The molecule has 3 amide bonds. The Morgan fingerprint density at radius 3 is 2.75 bits per heavy atom. The fourth-order valence-corrected chi connectivity index (χ4v) is 3.00. The molecule has 2 aromatic carbocycles. The van der Waals surface area contributed by atoms with Gasteiger partial charge >= 0.3 is 6.03 Å². The van der Waals surface area contributed by atoms with Gasteiger partial charge in [0.05, 0.1) is 13.2 Å². The van der Waals surface area contributed by atoms with Gasteiger partial charge in [0, 0.05) is 25.7 Å². The summed E-state index contributed by atoms with van der Waals surface area (Å²) in [5.41, 5.74) is 1.79. The van der Waals surface area contributed by atoms with Gasteiger partial charge in [-0.3, -0.25) is 4.79 Å². The molecule has 2 aromatic rings. The van der Waals surface area contributed by atoms with E-state index in [0.29, 0.717) is 24.3 Å². The van der Waals surface area contributed by atoms with Crippen molar-refractivity contribution in [2.45, 2.75) is 12.6 Å². The van der Waals surface area contributed by atoms with E-state index in [0.717, 1.165) is 17.7 Å². The van der Waals surface area contributed by atoms with Crippen LogP contribution in [0.25, 0.3) is 0 Å². The van der Waals surface area contributed by atoms with E-state index < -0.39 is 17.7 Å². The van der Waals surface area contributed by atoms with Crippen molar-refractivity contribution in [2.75, 3.05) is 26.7 Å². The third-order valence-electron chi connectivity index (χ3n) is 4.53. The Kier molecular flexibility index (Phi) is 6.20. The number of nitrogens with zero attached hydrogens (tertiary/aromatic N) is 1. The van der Waals surface area contributed by atoms with E-state index in [2.05, 4.69) is 10.6 Å². The number of rotatable bonds is 4. The predicted octanol–water partition coefficient (Wildman–Crippen LogP) is 2.61. The van der Waals surface area contributed by atoms with Crippen molar-refractivity contribution in [1.82, 2.24) is 15.5 Å². The lowest BCUT2D eigenvalue weighted by atomic mass is 10.1. The van der Waals surface area contributed by atoms with Gasteiger partial charge in [0.2, 0.25) is 0 Å². The number of hydrogen-bond donors (Lipinski definition) is 2. The number of halogens is 2. The molecule has 0 unspecified atom stereocenters. The first-order valence-electron chi connectivity index (χ1n) is 8.88. The highest BCUT2D eigenvalue weighted by Gasteiger charge is 2.26. The van der Waals surface area contributed by atoms with Gasteiger partial charge in [-0.15, -0.1) is 0 Å². The van der Waals surface area contributed by atoms with Crippen LogP contribution in [0.15, 0.2) is 42.5 Å². The Morgan fingerprint density at radius 1 is 1.18 bits per heavy atom. The van der Waals surface area contributed by atoms with Gasteiger partial charge < -0.3 is 20.3 Å². The molecule has 0 spiro atoms. The van der Waals surface area contributed by atoms with Crippen molar-refractivity contribution in [1.29, 1.82) is 0 Å². The summed E-state index contributed by atoms with van der Waals surface area (Å²) in [5, 5.41) is 5.37. The molecule has 3 rings (SSSR count). The van der Waals surface area contributed by atoms with Crippen molar-refractivity contribution in [3.63, 3.8) is 0 Å². The Morgan fingerprint density at radius 2 is 2.00 bits per heavy atom. The van der Waals surface area contributed by atoms with Crippen LogP contribution in [-0.4, -0.2) is 43.6 Å². The Hall–Kier alpha value is -3.00. The van der Waals surface area contributed by atoms with Crippen LogP contribution in [0.4, 0.5) is 13.6 Å². The number of ether oxygens (including phenoxy) is 1. The summed E-state index contributed by atoms with van der Waals surface area (Å²) < 4.78 is 32.2. The van der Waals surface area contributed by atoms with Crippen LogP contribution in [0, 0.1) is 11.6 Å². The number of benzene rings is 2. The topological polar surface area (TPSA) is 70.7 Å². The normalized spacial score (nSPS) is 16.5. The van der Waals surface area contributed by atoms with Crippen LogP contribution in [0.2, 0.25) is 0 Å². The van der Waals surface area contributed by atoms with Gasteiger partial charge in [-0.05, 0) is 35.4 Å². The largest absolute Gasteiger partial charge is 0.370 e. The highest BCUT2D eigenvalue weighted by molar-refractivity contribution is 5.94. The van der Waals surface area contributed by atoms with Crippen LogP contribution in [0.3, 0.4) is 0 Å². The van der Waals surface area contributed by atoms with E-state index in [-0.39, 0.29) is 25.0 Å². The number of morpholine rings is 1. The van der Waals surface area contributed by atoms with Crippen LogP contribution in [0.5, 0.6) is 0 Å². The minimum Gasteiger partial charge on any atom is -0.370 e. The molecular weight excluding hydrogens is 368 g/mol. The molecule has 0 bridgehead atoms. The lowest BCUT2D eigenvalue weighted by Gasteiger charge is -2.33. The summed E-state index contributed by atoms with van der Waals surface area (Å²) >= 11 is 0. The maximum atomic E-state index is 13.5. The minimum absolute atomic E-state index is 0.198. The zero-order chi connectivity index (χ0) is 20.1. The van der Waals surface area contributed by atoms with Crippen molar-refractivity contribution in [3.8, 4) is 0 Å². The summed E-state index contributed by atoms with van der Waals surface area (Å²) in [6, 6.07) is 10.3. The van der Waals surface area contributed by atoms with Gasteiger partial charge in [-0.2, -0.15) is 0 Å². The van der Waals surface area contributed by atoms with Gasteiger partial charge in [0.15, 0.2) is 11.6 Å². The van der Waals surface area contributed by atoms with Gasteiger partial charge in [0.1, 0.15) is 6.10 Å². The molecule has 1 aliphatic heterocycles. The van der Waals surface area contributed by atoms with Gasteiger partial charge in [-0.1, -0.05) is 18.2 Å². The molecule has 0 saturated carbocycles. The second-order valence-corrected chi connectivity index (χ2v) is 6.42. The third kappa shape index (κ3) is 4.64. The van der Waals surface area contributed by atoms with E-state index in [9.17, 15) is 18.4 Å². The molecule has 28 heavy (non-hydrogen) atoms. The number of carbonyl (C=O) groups is 2. The molecule has 1 aliphatic rings. The monoisotopic (exact) mass is 389 g/mol. The smallest absolute Gasteiger partial charge is 0.317 e. The average molecular weight is 389 g/mol. The molecule has 1 saturated heterocycles. The van der Waals surface area contributed by atoms with Crippen LogP contribution < -0.4 is 10.6 Å². The Balaban J connectivity index is 1.60. The van der Waals surface area contributed by atoms with Crippen molar-refractivity contribution < 1.29 is 23.1 Å². The number of carbonyl (C=O) groups excluding carboxylic acids is 2. The first kappa shape index (κ1) is 19.8. The average Bonchev–Trinajstić information content (AvgIpc) is 2.73. The second-order valence-electron chi connectivity index (χ2n) is 6.42. The minimum atomic E-state index is -0.946. The Labute approximate surface area is 161 Å². The van der Waals surface area contributed by atoms with Crippen molar-refractivity contribution in [2.24, 2.45) is 0 Å². The number of urea groups is 1. The summed E-state index contributed by atoms with van der Waals surface area (Å²) in [6.07, 6.45) is -0.522. The maximum Gasteiger partial charge on any atom is 0.317 e. The molecular formula is C20H21F2N3O3. The second kappa shape index (κ2) is 8.79. The molecule has 0 radical (unpaired) electrons. The van der Waals surface area contributed by atoms with Gasteiger partial charge in [0.25, 0.3) is 5.91 Å². The van der Waals surface area contributed by atoms with E-state index in [4.69, 9.17) is 4.74 Å². The number of hydrogen-bond acceptors (Lipinski definition) is 3. The highest BCUT2D eigenvalue weighted by Crippen LogP contribution is 2.23. The molecule has 148 valence electrons. The molecule has 8 heteroatoms. The quantitative estimate of drug-likeness (QED) is 0.845. The molecule has 0 aliphatic carbocycles. The zero-order valence-corrected chi connectivity index (χ0v) is 15.4. The first-order chi connectivity index (χ1) is 13.5. The molecule has 1 heterocycles. The van der Waals surface area contributed by atoms with E-state index in [1.807, 2.05) is 6.07 Å². The molecule has 0 aromatic heterocycles. The van der Waals surface area contributed by atoms with E-state index in [1.54, 1.807) is 30.1 Å². The van der Waals surface area contributed by atoms with Crippen LogP contribution >= 0.6 is 0 Å². The van der Waals surface area contributed by atoms with Crippen molar-refractivity contribution >= 4 is 11.9 Å². The summed E-state index contributed by atoms with van der Waals surface area (Å²) in [5.74, 6) is -2.07. The molecule has 2 N–H and O–H groups in total. The van der Waals surface area contributed by atoms with Crippen LogP contribution in [0.1, 0.15) is 27.6 Å². The molecule has 6 nitrogen and oxygen atoms in total. The van der Waals surface area contributed by atoms with E-state index in [1.165, 1.54) is 6.07 Å². The number of amides is 3. The molecule has 1 fully saturated rings. The van der Waals surface area contributed by atoms with Crippen molar-refractivity contribution in [3.05, 3.63) is 70.8 Å².